The van der Waals surface area contributed by atoms with Crippen molar-refractivity contribution in [1.29, 1.82) is 0 Å². The monoisotopic (exact) mass is 238 g/mol. The van der Waals surface area contributed by atoms with Crippen LogP contribution in [0.4, 0.5) is 0 Å². The van der Waals surface area contributed by atoms with Gasteiger partial charge in [-0.3, -0.25) is 4.79 Å². The lowest BCUT2D eigenvalue weighted by Crippen LogP contribution is -2.46. The van der Waals surface area contributed by atoms with Crippen molar-refractivity contribution >= 4 is 11.9 Å². The Morgan fingerprint density at radius 1 is 0.882 bits per heavy atom. The van der Waals surface area contributed by atoms with Crippen molar-refractivity contribution in [3.63, 3.8) is 0 Å². The molecule has 4 heteroatoms. The van der Waals surface area contributed by atoms with Crippen LogP contribution in [0, 0.1) is 11.8 Å². The quantitative estimate of drug-likeness (QED) is 0.783. The van der Waals surface area contributed by atoms with Crippen LogP contribution in [0.3, 0.4) is 0 Å². The van der Waals surface area contributed by atoms with Crippen molar-refractivity contribution in [2.45, 2.75) is 57.4 Å². The molecule has 0 aromatic heterocycles. The van der Waals surface area contributed by atoms with Gasteiger partial charge in [0, 0.05) is 23.8 Å². The fraction of sp³-hybridized carbons (Fsp3) is 0.846. The Hall–Kier alpha value is -1.06. The van der Waals surface area contributed by atoms with E-state index < -0.39 is 11.9 Å². The largest absolute Gasteiger partial charge is 0.550 e. The van der Waals surface area contributed by atoms with Crippen molar-refractivity contribution in [3.05, 3.63) is 0 Å². The summed E-state index contributed by atoms with van der Waals surface area (Å²) in [6.45, 7) is 0. The fourth-order valence-corrected chi connectivity index (χ4v) is 3.11. The summed E-state index contributed by atoms with van der Waals surface area (Å²) >= 11 is 0. The van der Waals surface area contributed by atoms with Gasteiger partial charge in [0.1, 0.15) is 0 Å². The summed E-state index contributed by atoms with van der Waals surface area (Å²) in [5.74, 6) is -2.07. The summed E-state index contributed by atoms with van der Waals surface area (Å²) in [7, 11) is 0. The van der Waals surface area contributed by atoms with Gasteiger partial charge in [-0.1, -0.05) is 25.7 Å². The summed E-state index contributed by atoms with van der Waals surface area (Å²) in [4.78, 5) is 23.1. The van der Waals surface area contributed by atoms with E-state index in [0.29, 0.717) is 12.8 Å². The summed E-state index contributed by atoms with van der Waals surface area (Å²) in [5.41, 5.74) is 0. The van der Waals surface area contributed by atoms with Gasteiger partial charge in [-0.2, -0.15) is 0 Å². The number of carboxylic acids is 1. The molecule has 2 aliphatic rings. The molecule has 0 aliphatic heterocycles. The van der Waals surface area contributed by atoms with Crippen molar-refractivity contribution in [2.75, 3.05) is 0 Å². The van der Waals surface area contributed by atoms with Gasteiger partial charge < -0.3 is 15.2 Å². The molecule has 0 aromatic rings. The van der Waals surface area contributed by atoms with Crippen LogP contribution in [0.25, 0.3) is 0 Å². The highest BCUT2D eigenvalue weighted by molar-refractivity contribution is 5.84. The molecule has 4 nitrogen and oxygen atoms in total. The number of rotatable bonds is 3. The van der Waals surface area contributed by atoms with Crippen LogP contribution in [0.5, 0.6) is 0 Å². The number of carbonyl (C=O) groups is 2. The van der Waals surface area contributed by atoms with Crippen LogP contribution in [0.2, 0.25) is 0 Å². The second-order valence-electron chi connectivity index (χ2n) is 5.31. The van der Waals surface area contributed by atoms with Gasteiger partial charge in [0.15, 0.2) is 0 Å². The summed E-state index contributed by atoms with van der Waals surface area (Å²) in [5, 5.41) is 14.0. The van der Waals surface area contributed by atoms with E-state index in [-0.39, 0.29) is 17.9 Å². The van der Waals surface area contributed by atoms with Gasteiger partial charge >= 0.3 is 0 Å². The second kappa shape index (κ2) is 5.52. The van der Waals surface area contributed by atoms with Crippen LogP contribution >= 0.6 is 0 Å². The Balaban J connectivity index is 1.93. The molecule has 0 spiro atoms. The first kappa shape index (κ1) is 12.4. The zero-order valence-corrected chi connectivity index (χ0v) is 10.1. The number of carboxylic acid groups (broad SMARTS) is 1. The normalized spacial score (nSPS) is 30.1. The molecule has 96 valence electrons. The van der Waals surface area contributed by atoms with E-state index in [1.54, 1.807) is 0 Å². The number of nitrogens with one attached hydrogen (secondary N) is 1. The van der Waals surface area contributed by atoms with E-state index in [1.165, 1.54) is 12.8 Å². The maximum Gasteiger partial charge on any atom is 0.223 e. The molecule has 2 unspecified atom stereocenters. The number of carbonyl (C=O) groups excluding carboxylic acids is 2. The van der Waals surface area contributed by atoms with Crippen molar-refractivity contribution in [1.82, 2.24) is 5.32 Å². The topological polar surface area (TPSA) is 69.2 Å². The Morgan fingerprint density at radius 3 is 2.00 bits per heavy atom. The van der Waals surface area contributed by atoms with Gasteiger partial charge in [0.2, 0.25) is 5.91 Å². The van der Waals surface area contributed by atoms with Crippen LogP contribution in [-0.4, -0.2) is 17.9 Å². The molecule has 1 amide bonds. The van der Waals surface area contributed by atoms with E-state index in [1.807, 2.05) is 0 Å². The van der Waals surface area contributed by atoms with Gasteiger partial charge in [-0.15, -0.1) is 0 Å². The minimum absolute atomic E-state index is 0.0641. The minimum Gasteiger partial charge on any atom is -0.550 e. The molecule has 0 radical (unpaired) electrons. The number of amides is 1. The molecule has 17 heavy (non-hydrogen) atoms. The minimum atomic E-state index is -1.06. The van der Waals surface area contributed by atoms with Crippen LogP contribution in [0.1, 0.15) is 51.4 Å². The third kappa shape index (κ3) is 2.99. The van der Waals surface area contributed by atoms with Crippen molar-refractivity contribution < 1.29 is 14.7 Å². The maximum absolute atomic E-state index is 12.1. The van der Waals surface area contributed by atoms with Crippen LogP contribution in [-0.2, 0) is 9.59 Å². The first-order valence-electron chi connectivity index (χ1n) is 6.69. The summed E-state index contributed by atoms with van der Waals surface area (Å²) in [6.07, 6.45) is 7.53. The first-order chi connectivity index (χ1) is 8.18. The van der Waals surface area contributed by atoms with Crippen LogP contribution < -0.4 is 10.4 Å². The van der Waals surface area contributed by atoms with Gasteiger partial charge in [0.25, 0.3) is 0 Å². The third-order valence-corrected chi connectivity index (χ3v) is 4.11. The van der Waals surface area contributed by atoms with Gasteiger partial charge in [0.05, 0.1) is 0 Å². The van der Waals surface area contributed by atoms with E-state index in [9.17, 15) is 14.7 Å². The molecule has 0 saturated heterocycles. The highest BCUT2D eigenvalue weighted by Crippen LogP contribution is 2.30. The number of hydrogen-bond acceptors (Lipinski definition) is 3. The standard InChI is InChI=1S/C13H21NO3/c15-12(14-9-5-1-2-6-9)10-7-3-4-8-11(10)13(16)17/h9-11H,1-8H2,(H,14,15)(H,16,17)/p-1. The Morgan fingerprint density at radius 2 is 1.41 bits per heavy atom. The van der Waals surface area contributed by atoms with E-state index in [4.69, 9.17) is 0 Å². The SMILES string of the molecule is O=C([O-])C1CCCCC1C(=O)NC1CCCC1. The predicted octanol–water partition coefficient (Wildman–Crippen LogP) is 0.601. The number of aliphatic carboxylic acids is 1. The van der Waals surface area contributed by atoms with E-state index in [0.717, 1.165) is 25.7 Å². The van der Waals surface area contributed by atoms with Gasteiger partial charge in [-0.05, 0) is 25.7 Å². The second-order valence-corrected chi connectivity index (χ2v) is 5.31. The average molecular weight is 238 g/mol. The molecule has 0 aromatic carbocycles. The number of hydrogen-bond donors (Lipinski definition) is 1. The molecular formula is C13H20NO3-. The third-order valence-electron chi connectivity index (χ3n) is 4.11. The Labute approximate surface area is 102 Å². The summed E-state index contributed by atoms with van der Waals surface area (Å²) < 4.78 is 0. The Kier molecular flexibility index (Phi) is 4.02. The lowest BCUT2D eigenvalue weighted by atomic mass is 9.78. The molecule has 0 heterocycles. The molecule has 2 saturated carbocycles. The summed E-state index contributed by atoms with van der Waals surface area (Å²) in [6, 6.07) is 0.270. The smallest absolute Gasteiger partial charge is 0.223 e. The predicted molar refractivity (Wildman–Crippen MR) is 60.9 cm³/mol. The molecule has 2 aliphatic carbocycles. The highest BCUT2D eigenvalue weighted by Gasteiger charge is 2.32. The lowest BCUT2D eigenvalue weighted by molar-refractivity contribution is -0.314. The molecule has 2 rings (SSSR count). The molecule has 2 atom stereocenters. The van der Waals surface area contributed by atoms with Gasteiger partial charge in [-0.25, -0.2) is 0 Å². The fourth-order valence-electron chi connectivity index (χ4n) is 3.11. The maximum atomic E-state index is 12.1. The van der Waals surface area contributed by atoms with Crippen molar-refractivity contribution in [2.24, 2.45) is 11.8 Å². The van der Waals surface area contributed by atoms with Crippen molar-refractivity contribution in [3.8, 4) is 0 Å². The highest BCUT2D eigenvalue weighted by atomic mass is 16.4. The zero-order chi connectivity index (χ0) is 12.3. The average Bonchev–Trinajstić information content (AvgIpc) is 2.81. The first-order valence-corrected chi connectivity index (χ1v) is 6.69. The molecule has 1 N–H and O–H groups in total. The lowest BCUT2D eigenvalue weighted by Gasteiger charge is -2.32. The zero-order valence-electron chi connectivity index (χ0n) is 10.1. The Bertz CT molecular complexity index is 297. The van der Waals surface area contributed by atoms with E-state index >= 15 is 0 Å². The molecular weight excluding hydrogens is 218 g/mol. The molecule has 0 bridgehead atoms. The van der Waals surface area contributed by atoms with E-state index in [2.05, 4.69) is 5.32 Å². The molecule has 2 fully saturated rings. The van der Waals surface area contributed by atoms with Crippen LogP contribution in [0.15, 0.2) is 0 Å².